The van der Waals surface area contributed by atoms with Crippen molar-refractivity contribution in [3.63, 3.8) is 0 Å². The lowest BCUT2D eigenvalue weighted by Crippen LogP contribution is -2.11. The van der Waals surface area contributed by atoms with E-state index in [0.29, 0.717) is 24.1 Å². The van der Waals surface area contributed by atoms with Gasteiger partial charge in [-0.2, -0.15) is 15.1 Å². The van der Waals surface area contributed by atoms with Crippen LogP contribution in [-0.4, -0.2) is 26.8 Å². The number of nitrogens with one attached hydrogen (secondary N) is 2. The molecule has 2 aromatic rings. The Balaban J connectivity index is 1.84. The van der Waals surface area contributed by atoms with Crippen molar-refractivity contribution >= 4 is 17.0 Å². The van der Waals surface area contributed by atoms with Crippen molar-refractivity contribution in [2.24, 2.45) is 5.84 Å². The van der Waals surface area contributed by atoms with Crippen LogP contribution >= 0.6 is 0 Å². The van der Waals surface area contributed by atoms with E-state index < -0.39 is 0 Å². The number of H-pyrrole nitrogens is 1. The second-order valence-electron chi connectivity index (χ2n) is 4.75. The summed E-state index contributed by atoms with van der Waals surface area (Å²) >= 11 is 0. The van der Waals surface area contributed by atoms with Crippen LogP contribution in [0.1, 0.15) is 45.4 Å². The maximum absolute atomic E-state index is 5.72. The first-order valence-electron chi connectivity index (χ1n) is 7.15. The molecule has 7 nitrogen and oxygen atoms in total. The molecule has 0 saturated heterocycles. The van der Waals surface area contributed by atoms with Gasteiger partial charge in [0.25, 0.3) is 0 Å². The number of hydrazine groups is 1. The van der Waals surface area contributed by atoms with Gasteiger partial charge in [-0.1, -0.05) is 39.0 Å². The predicted molar refractivity (Wildman–Crippen MR) is 78.4 cm³/mol. The number of nitrogens with zero attached hydrogens (tertiary/aromatic N) is 3. The average Bonchev–Trinajstić information content (AvgIpc) is 2.94. The van der Waals surface area contributed by atoms with Gasteiger partial charge in [-0.3, -0.25) is 10.5 Å². The standard InChI is InChI=1S/C13H22N6O/c1-2-3-4-5-6-7-8-20-12-10-9-15-19-11(10)16-13(17-12)18-14/h9H,2-8,14H2,1H3,(H2,15,16,17,18,19). The van der Waals surface area contributed by atoms with Gasteiger partial charge < -0.3 is 4.74 Å². The number of aromatic amines is 1. The summed E-state index contributed by atoms with van der Waals surface area (Å²) in [5.74, 6) is 6.17. The lowest BCUT2D eigenvalue weighted by molar-refractivity contribution is 0.297. The lowest BCUT2D eigenvalue weighted by Gasteiger charge is -2.07. The van der Waals surface area contributed by atoms with Crippen molar-refractivity contribution in [3.8, 4) is 5.88 Å². The van der Waals surface area contributed by atoms with Crippen LogP contribution in [0.25, 0.3) is 11.0 Å². The number of fused-ring (bicyclic) bond motifs is 1. The summed E-state index contributed by atoms with van der Waals surface area (Å²) in [6.07, 6.45) is 9.01. The van der Waals surface area contributed by atoms with Crippen molar-refractivity contribution in [1.82, 2.24) is 20.2 Å². The molecule has 0 aliphatic rings. The van der Waals surface area contributed by atoms with E-state index >= 15 is 0 Å². The molecule has 2 heterocycles. The molecule has 0 aliphatic carbocycles. The van der Waals surface area contributed by atoms with Crippen LogP contribution in [0.5, 0.6) is 5.88 Å². The third-order valence-corrected chi connectivity index (χ3v) is 3.14. The molecule has 2 aromatic heterocycles. The average molecular weight is 278 g/mol. The van der Waals surface area contributed by atoms with E-state index in [1.807, 2.05) is 0 Å². The number of nitrogens with two attached hydrogens (primary N) is 1. The number of anilines is 1. The van der Waals surface area contributed by atoms with Gasteiger partial charge in [0.05, 0.1) is 12.8 Å². The Hall–Kier alpha value is -1.89. The summed E-state index contributed by atoms with van der Waals surface area (Å²) in [6.45, 7) is 2.87. The minimum Gasteiger partial charge on any atom is -0.477 e. The predicted octanol–water partition coefficient (Wildman–Crippen LogP) is 2.38. The van der Waals surface area contributed by atoms with E-state index in [2.05, 4.69) is 32.5 Å². The Morgan fingerprint density at radius 2 is 2.00 bits per heavy atom. The van der Waals surface area contributed by atoms with Gasteiger partial charge >= 0.3 is 0 Å². The second-order valence-corrected chi connectivity index (χ2v) is 4.75. The maximum atomic E-state index is 5.72. The summed E-state index contributed by atoms with van der Waals surface area (Å²) in [7, 11) is 0. The smallest absolute Gasteiger partial charge is 0.242 e. The summed E-state index contributed by atoms with van der Waals surface area (Å²) in [4.78, 5) is 8.36. The molecule has 0 aromatic carbocycles. The number of nitrogen functional groups attached to an aromatic ring is 1. The Labute approximate surface area is 118 Å². The molecule has 0 spiro atoms. The molecule has 0 radical (unpaired) electrons. The first kappa shape index (κ1) is 14.5. The van der Waals surface area contributed by atoms with Gasteiger partial charge in [-0.15, -0.1) is 0 Å². The van der Waals surface area contributed by atoms with Crippen molar-refractivity contribution < 1.29 is 4.74 Å². The first-order valence-corrected chi connectivity index (χ1v) is 7.15. The second kappa shape index (κ2) is 7.64. The summed E-state index contributed by atoms with van der Waals surface area (Å²) in [5, 5.41) is 7.50. The highest BCUT2D eigenvalue weighted by atomic mass is 16.5. The Bertz CT molecular complexity index is 527. The van der Waals surface area contributed by atoms with E-state index in [1.165, 1.54) is 32.1 Å². The first-order chi connectivity index (χ1) is 9.85. The molecule has 0 aliphatic heterocycles. The third-order valence-electron chi connectivity index (χ3n) is 3.14. The van der Waals surface area contributed by atoms with E-state index in [4.69, 9.17) is 10.6 Å². The molecule has 20 heavy (non-hydrogen) atoms. The summed E-state index contributed by atoms with van der Waals surface area (Å²) < 4.78 is 5.72. The Morgan fingerprint density at radius 1 is 1.20 bits per heavy atom. The summed E-state index contributed by atoms with van der Waals surface area (Å²) in [5.41, 5.74) is 3.04. The molecule has 7 heteroatoms. The topological polar surface area (TPSA) is 102 Å². The van der Waals surface area contributed by atoms with Crippen LogP contribution in [0.3, 0.4) is 0 Å². The van der Waals surface area contributed by atoms with Gasteiger partial charge in [0, 0.05) is 0 Å². The van der Waals surface area contributed by atoms with E-state index in [-0.39, 0.29) is 0 Å². The fourth-order valence-corrected chi connectivity index (χ4v) is 2.03. The zero-order chi connectivity index (χ0) is 14.2. The highest BCUT2D eigenvalue weighted by molar-refractivity contribution is 5.80. The third kappa shape index (κ3) is 3.80. The van der Waals surface area contributed by atoms with Crippen LogP contribution < -0.4 is 16.0 Å². The van der Waals surface area contributed by atoms with E-state index in [1.54, 1.807) is 6.20 Å². The van der Waals surface area contributed by atoms with Gasteiger partial charge in [0.15, 0.2) is 5.65 Å². The van der Waals surface area contributed by atoms with Crippen LogP contribution in [-0.2, 0) is 0 Å². The molecule has 0 saturated carbocycles. The number of aromatic nitrogens is 4. The van der Waals surface area contributed by atoms with Crippen LogP contribution in [0.15, 0.2) is 6.20 Å². The highest BCUT2D eigenvalue weighted by Gasteiger charge is 2.09. The quantitative estimate of drug-likeness (QED) is 0.370. The van der Waals surface area contributed by atoms with Crippen LogP contribution in [0, 0.1) is 0 Å². The molecule has 0 fully saturated rings. The minimum atomic E-state index is 0.319. The maximum Gasteiger partial charge on any atom is 0.242 e. The number of hydrogen-bond acceptors (Lipinski definition) is 6. The highest BCUT2D eigenvalue weighted by Crippen LogP contribution is 2.22. The number of ether oxygens (including phenoxy) is 1. The normalized spacial score (nSPS) is 10.9. The fourth-order valence-electron chi connectivity index (χ4n) is 2.03. The Morgan fingerprint density at radius 3 is 2.80 bits per heavy atom. The Kier molecular flexibility index (Phi) is 5.55. The lowest BCUT2D eigenvalue weighted by atomic mass is 10.1. The molecule has 0 bridgehead atoms. The van der Waals surface area contributed by atoms with E-state index in [0.717, 1.165) is 11.8 Å². The van der Waals surface area contributed by atoms with Gasteiger partial charge in [-0.25, -0.2) is 5.84 Å². The monoisotopic (exact) mass is 278 g/mol. The van der Waals surface area contributed by atoms with Crippen LogP contribution in [0.2, 0.25) is 0 Å². The number of hydrogen-bond donors (Lipinski definition) is 3. The zero-order valence-electron chi connectivity index (χ0n) is 11.9. The molecule has 4 N–H and O–H groups in total. The fraction of sp³-hybridized carbons (Fsp3) is 0.615. The van der Waals surface area contributed by atoms with Gasteiger partial charge in [-0.05, 0) is 6.42 Å². The minimum absolute atomic E-state index is 0.319. The van der Waals surface area contributed by atoms with Crippen molar-refractivity contribution in [2.45, 2.75) is 45.4 Å². The molecule has 0 atom stereocenters. The molecular formula is C13H22N6O. The van der Waals surface area contributed by atoms with Crippen molar-refractivity contribution in [3.05, 3.63) is 6.20 Å². The molecule has 110 valence electrons. The van der Waals surface area contributed by atoms with Crippen molar-refractivity contribution in [2.75, 3.05) is 12.0 Å². The van der Waals surface area contributed by atoms with Crippen LogP contribution in [0.4, 0.5) is 5.95 Å². The SMILES string of the molecule is CCCCCCCCOc1nc(NN)nc2[nH]ncc12. The summed E-state index contributed by atoms with van der Waals surface area (Å²) in [6, 6.07) is 0. The molecule has 0 unspecified atom stereocenters. The molecule has 0 amide bonds. The van der Waals surface area contributed by atoms with Gasteiger partial charge in [0.1, 0.15) is 5.39 Å². The number of unbranched alkanes of at least 4 members (excludes halogenated alkanes) is 5. The number of rotatable bonds is 9. The largest absolute Gasteiger partial charge is 0.477 e. The van der Waals surface area contributed by atoms with Gasteiger partial charge in [0.2, 0.25) is 11.8 Å². The zero-order valence-corrected chi connectivity index (χ0v) is 11.9. The van der Waals surface area contributed by atoms with Crippen molar-refractivity contribution in [1.29, 1.82) is 0 Å². The van der Waals surface area contributed by atoms with E-state index in [9.17, 15) is 0 Å². The molecular weight excluding hydrogens is 256 g/mol. The molecule has 2 rings (SSSR count).